The summed E-state index contributed by atoms with van der Waals surface area (Å²) in [5.74, 6) is 2.75. The van der Waals surface area contributed by atoms with Crippen molar-refractivity contribution in [3.63, 3.8) is 0 Å². The van der Waals surface area contributed by atoms with Gasteiger partial charge in [0, 0.05) is 30.3 Å². The van der Waals surface area contributed by atoms with E-state index in [4.69, 9.17) is 14.6 Å². The molecule has 1 aromatic heterocycles. The van der Waals surface area contributed by atoms with E-state index in [2.05, 4.69) is 40.8 Å². The number of nitrogens with one attached hydrogen (secondary N) is 1. The second-order valence-corrected chi connectivity index (χ2v) is 11.3. The summed E-state index contributed by atoms with van der Waals surface area (Å²) in [5.41, 5.74) is 3.09. The van der Waals surface area contributed by atoms with Crippen molar-refractivity contribution in [1.29, 1.82) is 0 Å². The van der Waals surface area contributed by atoms with Gasteiger partial charge in [-0.25, -0.2) is 4.79 Å². The summed E-state index contributed by atoms with van der Waals surface area (Å²) in [6, 6.07) is 18.7. The van der Waals surface area contributed by atoms with Crippen LogP contribution in [0.25, 0.3) is 0 Å². The third-order valence-corrected chi connectivity index (χ3v) is 8.67. The smallest absolute Gasteiger partial charge is 0.335 e. The van der Waals surface area contributed by atoms with Gasteiger partial charge in [0.05, 0.1) is 5.56 Å². The van der Waals surface area contributed by atoms with E-state index < -0.39 is 5.97 Å². The molecule has 3 saturated carbocycles. The maximum absolute atomic E-state index is 11.1. The lowest BCUT2D eigenvalue weighted by atomic mass is 9.78. The van der Waals surface area contributed by atoms with Crippen molar-refractivity contribution < 1.29 is 14.4 Å². The summed E-state index contributed by atoms with van der Waals surface area (Å²) in [6.45, 7) is 0.943. The average Bonchev–Trinajstić information content (AvgIpc) is 3.82. The molecule has 3 aromatic rings. The first-order valence-electron chi connectivity index (χ1n) is 13.5. The van der Waals surface area contributed by atoms with Gasteiger partial charge >= 0.3 is 5.97 Å². The molecule has 1 unspecified atom stereocenters. The number of aromatic carboxylic acids is 1. The molecule has 3 fully saturated rings. The molecule has 6 heteroatoms. The van der Waals surface area contributed by atoms with Gasteiger partial charge in [0.1, 0.15) is 0 Å². The predicted octanol–water partition coefficient (Wildman–Crippen LogP) is 5.54. The van der Waals surface area contributed by atoms with E-state index >= 15 is 0 Å². The van der Waals surface area contributed by atoms with Crippen LogP contribution in [0.1, 0.15) is 84.1 Å². The van der Waals surface area contributed by atoms with Crippen molar-refractivity contribution in [2.75, 3.05) is 6.54 Å². The molecule has 2 N–H and O–H groups in total. The molecular weight excluding hydrogens is 450 g/mol. The Balaban J connectivity index is 0.958. The molecule has 0 spiro atoms. The van der Waals surface area contributed by atoms with Gasteiger partial charge in [0.25, 0.3) is 0 Å². The monoisotopic (exact) mass is 485 g/mol. The van der Waals surface area contributed by atoms with Crippen molar-refractivity contribution in [3.8, 4) is 0 Å². The van der Waals surface area contributed by atoms with Crippen LogP contribution in [-0.4, -0.2) is 33.8 Å². The lowest BCUT2D eigenvalue weighted by molar-refractivity contribution is 0.0697. The van der Waals surface area contributed by atoms with Crippen LogP contribution in [0.15, 0.2) is 59.1 Å². The maximum Gasteiger partial charge on any atom is 0.335 e. The fourth-order valence-corrected chi connectivity index (χ4v) is 6.00. The van der Waals surface area contributed by atoms with E-state index in [9.17, 15) is 4.79 Å². The zero-order valence-electron chi connectivity index (χ0n) is 20.7. The number of carboxylic acid groups (broad SMARTS) is 1. The zero-order chi connectivity index (χ0) is 24.5. The minimum atomic E-state index is -0.866. The molecule has 0 aliphatic heterocycles. The fourth-order valence-electron chi connectivity index (χ4n) is 6.00. The van der Waals surface area contributed by atoms with Gasteiger partial charge in [-0.1, -0.05) is 47.6 Å². The second-order valence-electron chi connectivity index (χ2n) is 11.3. The minimum Gasteiger partial charge on any atom is -0.478 e. The Kier molecular flexibility index (Phi) is 6.38. The number of nitrogens with zero attached hydrogens (tertiary/aromatic N) is 2. The second kappa shape index (κ2) is 9.81. The van der Waals surface area contributed by atoms with Crippen LogP contribution in [0.3, 0.4) is 0 Å². The van der Waals surface area contributed by atoms with E-state index in [1.165, 1.54) is 43.2 Å². The predicted molar refractivity (Wildman–Crippen MR) is 137 cm³/mol. The lowest BCUT2D eigenvalue weighted by Gasteiger charge is -2.27. The maximum atomic E-state index is 11.1. The van der Waals surface area contributed by atoms with Gasteiger partial charge in [-0.2, -0.15) is 4.98 Å². The standard InChI is InChI=1S/C30H35N3O3/c34-28(35)24-12-10-21(11-13-24)16-20-6-8-22(9-7-20)17-27-32-29(33-36-27)30(14-15-30)19-31-26-18-25(26)23-4-2-1-3-5-23/h1-5,10-13,20,22,25-26,31H,6-9,14-19H2,(H,34,35)/t20?,22?,25?,26-/m0/s1. The Bertz CT molecular complexity index is 1180. The normalized spacial score (nSPS) is 26.4. The van der Waals surface area contributed by atoms with Gasteiger partial charge in [0.2, 0.25) is 5.89 Å². The summed E-state index contributed by atoms with van der Waals surface area (Å²) in [7, 11) is 0. The van der Waals surface area contributed by atoms with Crippen molar-refractivity contribution in [2.45, 2.75) is 75.2 Å². The molecule has 0 saturated heterocycles. The number of rotatable bonds is 10. The molecule has 0 radical (unpaired) electrons. The molecule has 3 aliphatic rings. The molecule has 6 rings (SSSR count). The van der Waals surface area contributed by atoms with Crippen LogP contribution in [-0.2, 0) is 18.3 Å². The van der Waals surface area contributed by atoms with E-state index in [0.29, 0.717) is 29.4 Å². The zero-order valence-corrected chi connectivity index (χ0v) is 20.7. The molecule has 0 bridgehead atoms. The van der Waals surface area contributed by atoms with Crippen molar-refractivity contribution in [2.24, 2.45) is 11.8 Å². The summed E-state index contributed by atoms with van der Waals surface area (Å²) >= 11 is 0. The Morgan fingerprint density at radius 1 is 0.972 bits per heavy atom. The molecule has 188 valence electrons. The van der Waals surface area contributed by atoms with Crippen LogP contribution >= 0.6 is 0 Å². The highest BCUT2D eigenvalue weighted by atomic mass is 16.5. The third kappa shape index (κ3) is 5.24. The molecule has 2 aromatic carbocycles. The summed E-state index contributed by atoms with van der Waals surface area (Å²) < 4.78 is 5.72. The Morgan fingerprint density at radius 2 is 1.67 bits per heavy atom. The third-order valence-electron chi connectivity index (χ3n) is 8.67. The average molecular weight is 486 g/mol. The number of hydrogen-bond acceptors (Lipinski definition) is 5. The SMILES string of the molecule is O=C(O)c1ccc(CC2CCC(Cc3nc(C4(CN[C@H]5CC5c5ccccc5)CC4)no3)CC2)cc1. The molecule has 1 heterocycles. The van der Waals surface area contributed by atoms with Crippen molar-refractivity contribution in [1.82, 2.24) is 15.5 Å². The minimum absolute atomic E-state index is 0.0689. The van der Waals surface area contributed by atoms with Gasteiger partial charge < -0.3 is 14.9 Å². The van der Waals surface area contributed by atoms with Gasteiger partial charge in [0.15, 0.2) is 5.82 Å². The number of hydrogen-bond donors (Lipinski definition) is 2. The van der Waals surface area contributed by atoms with Gasteiger partial charge in [-0.3, -0.25) is 0 Å². The lowest BCUT2D eigenvalue weighted by Crippen LogP contribution is -2.30. The Hall–Kier alpha value is -2.99. The van der Waals surface area contributed by atoms with Crippen LogP contribution < -0.4 is 5.32 Å². The largest absolute Gasteiger partial charge is 0.478 e. The van der Waals surface area contributed by atoms with E-state index in [-0.39, 0.29) is 5.41 Å². The van der Waals surface area contributed by atoms with Gasteiger partial charge in [-0.05, 0) is 86.5 Å². The molecule has 0 amide bonds. The first-order chi connectivity index (χ1) is 17.6. The summed E-state index contributed by atoms with van der Waals surface area (Å²) in [4.78, 5) is 15.9. The van der Waals surface area contributed by atoms with Crippen LogP contribution in [0.4, 0.5) is 0 Å². The molecular formula is C30H35N3O3. The highest BCUT2D eigenvalue weighted by Gasteiger charge is 2.50. The number of carbonyl (C=O) groups is 1. The highest BCUT2D eigenvalue weighted by molar-refractivity contribution is 5.87. The van der Waals surface area contributed by atoms with Crippen molar-refractivity contribution in [3.05, 3.63) is 83.0 Å². The van der Waals surface area contributed by atoms with Crippen LogP contribution in [0, 0.1) is 11.8 Å². The fraction of sp³-hybridized carbons (Fsp3) is 0.500. The number of benzene rings is 2. The number of aromatic nitrogens is 2. The molecule has 6 nitrogen and oxygen atoms in total. The number of carboxylic acids is 1. The summed E-state index contributed by atoms with van der Waals surface area (Å²) in [5, 5.41) is 17.3. The van der Waals surface area contributed by atoms with Crippen LogP contribution in [0.5, 0.6) is 0 Å². The summed E-state index contributed by atoms with van der Waals surface area (Å²) in [6.07, 6.45) is 10.2. The Morgan fingerprint density at radius 3 is 2.33 bits per heavy atom. The van der Waals surface area contributed by atoms with Crippen molar-refractivity contribution >= 4 is 5.97 Å². The Labute approximate surface area is 212 Å². The van der Waals surface area contributed by atoms with E-state index in [1.807, 2.05) is 12.1 Å². The molecule has 2 atom stereocenters. The first-order valence-corrected chi connectivity index (χ1v) is 13.5. The quantitative estimate of drug-likeness (QED) is 0.392. The molecule has 36 heavy (non-hydrogen) atoms. The highest BCUT2D eigenvalue weighted by Crippen LogP contribution is 2.48. The van der Waals surface area contributed by atoms with E-state index in [0.717, 1.165) is 43.9 Å². The van der Waals surface area contributed by atoms with Gasteiger partial charge in [-0.15, -0.1) is 0 Å². The first kappa shape index (κ1) is 23.4. The van der Waals surface area contributed by atoms with Crippen LogP contribution in [0.2, 0.25) is 0 Å². The topological polar surface area (TPSA) is 88.2 Å². The van der Waals surface area contributed by atoms with E-state index in [1.54, 1.807) is 12.1 Å². The molecule has 3 aliphatic carbocycles.